The molecule has 100 valence electrons. The topological polar surface area (TPSA) is 79.3 Å². The summed E-state index contributed by atoms with van der Waals surface area (Å²) in [6, 6.07) is 5.47. The van der Waals surface area contributed by atoms with Gasteiger partial charge in [0, 0.05) is 24.9 Å². The quantitative estimate of drug-likeness (QED) is 0.780. The maximum absolute atomic E-state index is 11.7. The zero-order valence-electron chi connectivity index (χ0n) is 10.1. The predicted molar refractivity (Wildman–Crippen MR) is 68.5 cm³/mol. The smallest absolute Gasteiger partial charge is 0.211 e. The first-order valence-corrected chi connectivity index (χ1v) is 7.76. The van der Waals surface area contributed by atoms with E-state index in [1.807, 2.05) is 12.1 Å². The number of sulfonamides is 1. The third kappa shape index (κ3) is 4.04. The standard InChI is InChI=1S/C12H18N2O3S/c15-12-7-10(8-12)9-14-18(16,17)6-4-11-3-1-2-5-13-11/h1-3,5,10,12,14-15H,4,6-9H2. The van der Waals surface area contributed by atoms with Gasteiger partial charge in [0.05, 0.1) is 11.9 Å². The van der Waals surface area contributed by atoms with E-state index in [1.165, 1.54) is 0 Å². The van der Waals surface area contributed by atoms with Crippen LogP contribution in [0.2, 0.25) is 0 Å². The molecule has 1 aliphatic rings. The number of hydrogen-bond acceptors (Lipinski definition) is 4. The zero-order chi connectivity index (χ0) is 13.0. The summed E-state index contributed by atoms with van der Waals surface area (Å²) in [7, 11) is -3.24. The fourth-order valence-electron chi connectivity index (χ4n) is 1.97. The van der Waals surface area contributed by atoms with Gasteiger partial charge in [-0.25, -0.2) is 13.1 Å². The molecule has 0 unspecified atom stereocenters. The zero-order valence-corrected chi connectivity index (χ0v) is 10.9. The van der Waals surface area contributed by atoms with Gasteiger partial charge in [0.2, 0.25) is 10.0 Å². The molecule has 0 aliphatic heterocycles. The molecule has 0 radical (unpaired) electrons. The van der Waals surface area contributed by atoms with Crippen molar-refractivity contribution in [2.45, 2.75) is 25.4 Å². The van der Waals surface area contributed by atoms with Gasteiger partial charge in [0.15, 0.2) is 0 Å². The van der Waals surface area contributed by atoms with Crippen molar-refractivity contribution < 1.29 is 13.5 Å². The molecule has 1 saturated carbocycles. The van der Waals surface area contributed by atoms with Crippen molar-refractivity contribution in [2.75, 3.05) is 12.3 Å². The maximum Gasteiger partial charge on any atom is 0.211 e. The third-order valence-corrected chi connectivity index (χ3v) is 4.50. The van der Waals surface area contributed by atoms with Crippen LogP contribution in [0.25, 0.3) is 0 Å². The Hall–Kier alpha value is -0.980. The Labute approximate surface area is 107 Å². The van der Waals surface area contributed by atoms with Crippen LogP contribution in [-0.4, -0.2) is 36.9 Å². The van der Waals surface area contributed by atoms with Gasteiger partial charge in [-0.2, -0.15) is 0 Å². The Bertz CT molecular complexity index is 469. The van der Waals surface area contributed by atoms with Gasteiger partial charge in [-0.15, -0.1) is 0 Å². The summed E-state index contributed by atoms with van der Waals surface area (Å²) >= 11 is 0. The van der Waals surface area contributed by atoms with Gasteiger partial charge in [-0.1, -0.05) is 6.07 Å². The summed E-state index contributed by atoms with van der Waals surface area (Å²) in [5.41, 5.74) is 0.780. The fraction of sp³-hybridized carbons (Fsp3) is 0.583. The summed E-state index contributed by atoms with van der Waals surface area (Å²) in [6.07, 6.45) is 3.23. The monoisotopic (exact) mass is 270 g/mol. The van der Waals surface area contributed by atoms with Crippen LogP contribution < -0.4 is 4.72 Å². The van der Waals surface area contributed by atoms with Crippen molar-refractivity contribution in [1.29, 1.82) is 0 Å². The first-order chi connectivity index (χ1) is 8.55. The van der Waals surface area contributed by atoms with E-state index in [4.69, 9.17) is 5.11 Å². The van der Waals surface area contributed by atoms with Gasteiger partial charge in [0.25, 0.3) is 0 Å². The van der Waals surface area contributed by atoms with E-state index in [0.717, 1.165) is 5.69 Å². The number of aryl methyl sites for hydroxylation is 1. The number of pyridine rings is 1. The molecular formula is C12H18N2O3S. The minimum Gasteiger partial charge on any atom is -0.393 e. The van der Waals surface area contributed by atoms with Crippen LogP contribution in [-0.2, 0) is 16.4 Å². The molecule has 5 nitrogen and oxygen atoms in total. The summed E-state index contributed by atoms with van der Waals surface area (Å²) in [4.78, 5) is 4.09. The molecule has 1 aliphatic carbocycles. The Morgan fingerprint density at radius 2 is 2.17 bits per heavy atom. The summed E-state index contributed by atoms with van der Waals surface area (Å²) in [5, 5.41) is 9.11. The molecule has 0 aromatic carbocycles. The number of aliphatic hydroxyl groups is 1. The molecule has 0 spiro atoms. The highest BCUT2D eigenvalue weighted by Crippen LogP contribution is 2.26. The number of aliphatic hydroxyl groups excluding tert-OH is 1. The van der Waals surface area contributed by atoms with Crippen molar-refractivity contribution in [3.8, 4) is 0 Å². The van der Waals surface area contributed by atoms with Gasteiger partial charge in [-0.05, 0) is 30.9 Å². The average Bonchev–Trinajstić information content (AvgIpc) is 2.32. The van der Waals surface area contributed by atoms with Crippen LogP contribution in [0.1, 0.15) is 18.5 Å². The molecule has 1 heterocycles. The molecule has 2 rings (SSSR count). The number of rotatable bonds is 6. The average molecular weight is 270 g/mol. The lowest BCUT2D eigenvalue weighted by Gasteiger charge is -2.31. The maximum atomic E-state index is 11.7. The predicted octanol–water partition coefficient (Wildman–Crippen LogP) is 0.314. The molecule has 1 fully saturated rings. The van der Waals surface area contributed by atoms with E-state index in [2.05, 4.69) is 9.71 Å². The molecule has 1 aromatic rings. The molecule has 18 heavy (non-hydrogen) atoms. The second kappa shape index (κ2) is 5.77. The first kappa shape index (κ1) is 13.5. The van der Waals surface area contributed by atoms with Gasteiger partial charge in [-0.3, -0.25) is 4.98 Å². The summed E-state index contributed by atoms with van der Waals surface area (Å²) < 4.78 is 26.0. The van der Waals surface area contributed by atoms with E-state index in [-0.39, 0.29) is 17.8 Å². The Morgan fingerprint density at radius 1 is 1.39 bits per heavy atom. The van der Waals surface area contributed by atoms with Crippen molar-refractivity contribution in [3.05, 3.63) is 30.1 Å². The van der Waals surface area contributed by atoms with Gasteiger partial charge < -0.3 is 5.11 Å². The molecule has 0 bridgehead atoms. The number of nitrogens with zero attached hydrogens (tertiary/aromatic N) is 1. The minimum atomic E-state index is -3.24. The largest absolute Gasteiger partial charge is 0.393 e. The van der Waals surface area contributed by atoms with Gasteiger partial charge >= 0.3 is 0 Å². The summed E-state index contributed by atoms with van der Waals surface area (Å²) in [5.74, 6) is 0.337. The lowest BCUT2D eigenvalue weighted by molar-refractivity contribution is 0.0453. The highest BCUT2D eigenvalue weighted by Gasteiger charge is 2.27. The van der Waals surface area contributed by atoms with E-state index in [1.54, 1.807) is 12.3 Å². The van der Waals surface area contributed by atoms with Crippen LogP contribution in [0.3, 0.4) is 0 Å². The van der Waals surface area contributed by atoms with E-state index in [9.17, 15) is 8.42 Å². The molecule has 0 saturated heterocycles. The third-order valence-electron chi connectivity index (χ3n) is 3.16. The second-order valence-corrected chi connectivity index (χ2v) is 6.66. The molecule has 0 amide bonds. The lowest BCUT2D eigenvalue weighted by Crippen LogP contribution is -2.39. The summed E-state index contributed by atoms with van der Waals surface area (Å²) in [6.45, 7) is 0.432. The van der Waals surface area contributed by atoms with Crippen LogP contribution in [0.15, 0.2) is 24.4 Å². The molecule has 0 atom stereocenters. The first-order valence-electron chi connectivity index (χ1n) is 6.10. The number of nitrogens with one attached hydrogen (secondary N) is 1. The molecule has 6 heteroatoms. The van der Waals surface area contributed by atoms with Crippen molar-refractivity contribution in [3.63, 3.8) is 0 Å². The fourth-order valence-corrected chi connectivity index (χ4v) is 3.08. The SMILES string of the molecule is O=S(=O)(CCc1ccccn1)NCC1CC(O)C1. The van der Waals surface area contributed by atoms with Crippen molar-refractivity contribution in [2.24, 2.45) is 5.92 Å². The van der Waals surface area contributed by atoms with E-state index < -0.39 is 10.0 Å². The normalized spacial score (nSPS) is 23.6. The highest BCUT2D eigenvalue weighted by molar-refractivity contribution is 7.89. The van der Waals surface area contributed by atoms with E-state index >= 15 is 0 Å². The van der Waals surface area contributed by atoms with Crippen molar-refractivity contribution in [1.82, 2.24) is 9.71 Å². The Kier molecular flexibility index (Phi) is 4.31. The van der Waals surface area contributed by atoms with Crippen LogP contribution >= 0.6 is 0 Å². The van der Waals surface area contributed by atoms with Crippen LogP contribution in [0.4, 0.5) is 0 Å². The lowest BCUT2D eigenvalue weighted by atomic mass is 9.83. The number of hydrogen-bond donors (Lipinski definition) is 2. The second-order valence-electron chi connectivity index (χ2n) is 4.73. The Morgan fingerprint density at radius 3 is 2.78 bits per heavy atom. The van der Waals surface area contributed by atoms with Crippen molar-refractivity contribution >= 4 is 10.0 Å². The highest BCUT2D eigenvalue weighted by atomic mass is 32.2. The Balaban J connectivity index is 1.74. The van der Waals surface area contributed by atoms with Crippen LogP contribution in [0, 0.1) is 5.92 Å². The van der Waals surface area contributed by atoms with Gasteiger partial charge in [0.1, 0.15) is 0 Å². The molecular weight excluding hydrogens is 252 g/mol. The minimum absolute atomic E-state index is 0.0548. The van der Waals surface area contributed by atoms with E-state index in [0.29, 0.717) is 25.8 Å². The van der Waals surface area contributed by atoms with Crippen LogP contribution in [0.5, 0.6) is 0 Å². The molecule has 1 aromatic heterocycles. The number of aromatic nitrogens is 1. The molecule has 2 N–H and O–H groups in total.